The number of nitrogens with one attached hydrogen (secondary N) is 1. The number of nitrogens with zero attached hydrogens (tertiary/aromatic N) is 3. The van der Waals surface area contributed by atoms with Crippen molar-refractivity contribution in [2.45, 2.75) is 20.0 Å². The van der Waals surface area contributed by atoms with Crippen LogP contribution in [0, 0.1) is 0 Å². The predicted molar refractivity (Wildman–Crippen MR) is 43.6 cm³/mol. The van der Waals surface area contributed by atoms with Gasteiger partial charge in [0.05, 0.1) is 6.10 Å². The Balaban J connectivity index is 3.37. The van der Waals surface area contributed by atoms with Gasteiger partial charge in [-0.05, 0) is 19.4 Å². The first-order chi connectivity index (χ1) is 5.66. The number of carbonyl (C=O) groups is 1. The van der Waals surface area contributed by atoms with Crippen LogP contribution in [0.5, 0.6) is 0 Å². The third-order valence-corrected chi connectivity index (χ3v) is 0.887. The third kappa shape index (κ3) is 6.70. The summed E-state index contributed by atoms with van der Waals surface area (Å²) in [6.45, 7) is 4.05. The zero-order valence-electron chi connectivity index (χ0n) is 7.15. The summed E-state index contributed by atoms with van der Waals surface area (Å²) in [7, 11) is 0. The normalized spacial score (nSPS) is 8.92. The molecule has 0 fully saturated rings. The van der Waals surface area contributed by atoms with Crippen molar-refractivity contribution in [1.29, 1.82) is 0 Å². The largest absolute Gasteiger partial charge is 0.447 e. The van der Waals surface area contributed by atoms with Gasteiger partial charge >= 0.3 is 6.09 Å². The van der Waals surface area contributed by atoms with E-state index in [0.717, 1.165) is 0 Å². The molecule has 0 saturated heterocycles. The van der Waals surface area contributed by atoms with E-state index < -0.39 is 6.09 Å². The van der Waals surface area contributed by atoms with Gasteiger partial charge in [-0.15, -0.1) is 0 Å². The van der Waals surface area contributed by atoms with Crippen LogP contribution in [-0.4, -0.2) is 25.3 Å². The number of ether oxygens (including phenoxy) is 1. The first kappa shape index (κ1) is 10.6. The molecule has 12 heavy (non-hydrogen) atoms. The molecule has 0 atom stereocenters. The van der Waals surface area contributed by atoms with Crippen LogP contribution >= 0.6 is 0 Å². The topological polar surface area (TPSA) is 87.1 Å². The van der Waals surface area contributed by atoms with Crippen molar-refractivity contribution in [3.8, 4) is 0 Å². The van der Waals surface area contributed by atoms with Gasteiger partial charge in [-0.25, -0.2) is 4.79 Å². The molecule has 0 spiro atoms. The molecule has 0 aliphatic heterocycles. The highest BCUT2D eigenvalue weighted by atomic mass is 16.6. The van der Waals surface area contributed by atoms with Crippen molar-refractivity contribution < 1.29 is 9.53 Å². The van der Waals surface area contributed by atoms with Crippen LogP contribution in [-0.2, 0) is 4.74 Å². The molecule has 0 aromatic carbocycles. The highest BCUT2D eigenvalue weighted by molar-refractivity contribution is 5.67. The Morgan fingerprint density at radius 2 is 2.42 bits per heavy atom. The summed E-state index contributed by atoms with van der Waals surface area (Å²) < 4.78 is 4.75. The number of hydrogen-bond donors (Lipinski definition) is 1. The fourth-order valence-corrected chi connectivity index (χ4v) is 0.508. The van der Waals surface area contributed by atoms with E-state index in [1.54, 1.807) is 13.8 Å². The van der Waals surface area contributed by atoms with E-state index in [1.165, 1.54) is 0 Å². The van der Waals surface area contributed by atoms with Crippen LogP contribution in [0.25, 0.3) is 10.4 Å². The molecule has 68 valence electrons. The molecular weight excluding hydrogens is 160 g/mol. The molecule has 0 aliphatic carbocycles. The lowest BCUT2D eigenvalue weighted by atomic mass is 10.5. The second-order valence-electron chi connectivity index (χ2n) is 2.34. The molecule has 6 heteroatoms. The fourth-order valence-electron chi connectivity index (χ4n) is 0.508. The molecule has 0 aliphatic rings. The molecule has 0 saturated carbocycles. The number of carbonyl (C=O) groups excluding carboxylic acids is 1. The molecular formula is C6H12N4O2. The summed E-state index contributed by atoms with van der Waals surface area (Å²) in [6.07, 6.45) is -0.623. The average molecular weight is 172 g/mol. The van der Waals surface area contributed by atoms with E-state index in [1.807, 2.05) is 0 Å². The van der Waals surface area contributed by atoms with Gasteiger partial charge in [-0.2, -0.15) is 0 Å². The number of alkyl carbamates (subject to hydrolysis) is 1. The van der Waals surface area contributed by atoms with Gasteiger partial charge in [-0.3, -0.25) is 0 Å². The minimum Gasteiger partial charge on any atom is -0.447 e. The van der Waals surface area contributed by atoms with E-state index in [-0.39, 0.29) is 12.6 Å². The zero-order valence-corrected chi connectivity index (χ0v) is 7.15. The smallest absolute Gasteiger partial charge is 0.407 e. The van der Waals surface area contributed by atoms with Gasteiger partial charge in [0.1, 0.15) is 0 Å². The van der Waals surface area contributed by atoms with Crippen molar-refractivity contribution in [2.75, 3.05) is 13.1 Å². The first-order valence-electron chi connectivity index (χ1n) is 3.62. The van der Waals surface area contributed by atoms with Gasteiger partial charge < -0.3 is 10.1 Å². The monoisotopic (exact) mass is 172 g/mol. The van der Waals surface area contributed by atoms with Crippen molar-refractivity contribution in [1.82, 2.24) is 5.32 Å². The second-order valence-corrected chi connectivity index (χ2v) is 2.34. The van der Waals surface area contributed by atoms with Crippen molar-refractivity contribution in [2.24, 2.45) is 5.11 Å². The molecule has 0 aromatic heterocycles. The Hall–Kier alpha value is -1.42. The van der Waals surface area contributed by atoms with Crippen LogP contribution in [0.15, 0.2) is 5.11 Å². The quantitative estimate of drug-likeness (QED) is 0.301. The number of amides is 1. The Bertz CT molecular complexity index is 186. The number of hydrogen-bond acceptors (Lipinski definition) is 3. The van der Waals surface area contributed by atoms with Gasteiger partial charge in [0.15, 0.2) is 0 Å². The Morgan fingerprint density at radius 1 is 1.75 bits per heavy atom. The molecule has 0 heterocycles. The van der Waals surface area contributed by atoms with Crippen LogP contribution in [0.1, 0.15) is 13.8 Å². The summed E-state index contributed by atoms with van der Waals surface area (Å²) in [5.41, 5.74) is 7.89. The minimum atomic E-state index is -0.488. The van der Waals surface area contributed by atoms with Crippen molar-refractivity contribution in [3.05, 3.63) is 10.4 Å². The maximum atomic E-state index is 10.7. The van der Waals surface area contributed by atoms with E-state index in [0.29, 0.717) is 6.54 Å². The summed E-state index contributed by atoms with van der Waals surface area (Å²) >= 11 is 0. The van der Waals surface area contributed by atoms with E-state index in [9.17, 15) is 4.79 Å². The highest BCUT2D eigenvalue weighted by Crippen LogP contribution is 1.87. The summed E-state index contributed by atoms with van der Waals surface area (Å²) in [5.74, 6) is 0. The highest BCUT2D eigenvalue weighted by Gasteiger charge is 2.01. The first-order valence-corrected chi connectivity index (χ1v) is 3.62. The van der Waals surface area contributed by atoms with Gasteiger partial charge in [-0.1, -0.05) is 5.11 Å². The molecule has 6 nitrogen and oxygen atoms in total. The molecule has 0 bridgehead atoms. The third-order valence-electron chi connectivity index (χ3n) is 0.887. The molecule has 0 rings (SSSR count). The molecule has 1 N–H and O–H groups in total. The number of azide groups is 1. The lowest BCUT2D eigenvalue weighted by molar-refractivity contribution is 0.116. The summed E-state index contributed by atoms with van der Waals surface area (Å²) in [6, 6.07) is 0. The van der Waals surface area contributed by atoms with Gasteiger partial charge in [0.25, 0.3) is 0 Å². The predicted octanol–water partition coefficient (Wildman–Crippen LogP) is 1.43. The zero-order chi connectivity index (χ0) is 9.40. The van der Waals surface area contributed by atoms with Crippen LogP contribution in [0.3, 0.4) is 0 Å². The minimum absolute atomic E-state index is 0.135. The molecule has 0 unspecified atom stereocenters. The average Bonchev–Trinajstić information content (AvgIpc) is 1.97. The Labute approximate surface area is 70.5 Å². The fraction of sp³-hybridized carbons (Fsp3) is 0.833. The lowest BCUT2D eigenvalue weighted by Gasteiger charge is -2.07. The SMILES string of the molecule is CC(C)OC(=O)NCCN=[N+]=[N-]. The maximum absolute atomic E-state index is 10.7. The summed E-state index contributed by atoms with van der Waals surface area (Å²) in [5, 5.41) is 5.66. The van der Waals surface area contributed by atoms with Gasteiger partial charge in [0.2, 0.25) is 0 Å². The standard InChI is InChI=1S/C6H12N4O2/c1-5(2)12-6(11)8-3-4-9-10-7/h5H,3-4H2,1-2H3,(H,8,11). The molecule has 0 aromatic rings. The maximum Gasteiger partial charge on any atom is 0.407 e. The van der Waals surface area contributed by atoms with Crippen LogP contribution < -0.4 is 5.32 Å². The Kier molecular flexibility index (Phi) is 5.55. The van der Waals surface area contributed by atoms with Gasteiger partial charge in [0, 0.05) is 18.0 Å². The summed E-state index contributed by atoms with van der Waals surface area (Å²) in [4.78, 5) is 13.3. The van der Waals surface area contributed by atoms with E-state index in [2.05, 4.69) is 15.3 Å². The molecule has 1 amide bonds. The second kappa shape index (κ2) is 6.30. The van der Waals surface area contributed by atoms with E-state index >= 15 is 0 Å². The molecule has 0 radical (unpaired) electrons. The van der Waals surface area contributed by atoms with E-state index in [4.69, 9.17) is 10.3 Å². The lowest BCUT2D eigenvalue weighted by Crippen LogP contribution is -2.28. The number of rotatable bonds is 4. The van der Waals surface area contributed by atoms with Crippen LogP contribution in [0.2, 0.25) is 0 Å². The van der Waals surface area contributed by atoms with Crippen molar-refractivity contribution >= 4 is 6.09 Å². The Morgan fingerprint density at radius 3 is 2.92 bits per heavy atom. The van der Waals surface area contributed by atoms with Crippen molar-refractivity contribution in [3.63, 3.8) is 0 Å². The van der Waals surface area contributed by atoms with Crippen LogP contribution in [0.4, 0.5) is 4.79 Å².